The Balaban J connectivity index is 1.97. The number of morpholine rings is 2. The van der Waals surface area contributed by atoms with E-state index in [-0.39, 0.29) is 10.6 Å². The molecule has 2 fully saturated rings. The Morgan fingerprint density at radius 2 is 1.33 bits per heavy atom. The summed E-state index contributed by atoms with van der Waals surface area (Å²) >= 11 is 0. The molecule has 0 N–H and O–H groups in total. The Labute approximate surface area is 123 Å². The van der Waals surface area contributed by atoms with Gasteiger partial charge in [0, 0.05) is 26.2 Å². The number of hydrogen-bond acceptors (Lipinski definition) is 6. The van der Waals surface area contributed by atoms with Crippen molar-refractivity contribution in [3.8, 4) is 0 Å². The highest BCUT2D eigenvalue weighted by molar-refractivity contribution is 5.78. The van der Waals surface area contributed by atoms with Crippen molar-refractivity contribution in [2.75, 3.05) is 62.4 Å². The molecule has 0 unspecified atom stereocenters. The van der Waals surface area contributed by atoms with E-state index in [1.165, 1.54) is 0 Å². The van der Waals surface area contributed by atoms with Crippen molar-refractivity contribution >= 4 is 17.1 Å². The zero-order valence-electron chi connectivity index (χ0n) is 11.9. The van der Waals surface area contributed by atoms with E-state index in [2.05, 4.69) is 0 Å². The van der Waals surface area contributed by atoms with Crippen LogP contribution in [0.1, 0.15) is 0 Å². The highest BCUT2D eigenvalue weighted by atomic mass is 16.6. The van der Waals surface area contributed by atoms with Crippen molar-refractivity contribution < 1.29 is 14.4 Å². The average molecular weight is 293 g/mol. The summed E-state index contributed by atoms with van der Waals surface area (Å²) in [6.07, 6.45) is 0. The lowest BCUT2D eigenvalue weighted by molar-refractivity contribution is -0.383. The number of ether oxygens (including phenoxy) is 2. The van der Waals surface area contributed by atoms with Gasteiger partial charge in [-0.2, -0.15) is 0 Å². The summed E-state index contributed by atoms with van der Waals surface area (Å²) < 4.78 is 10.7. The number of nitrogens with zero attached hydrogens (tertiary/aromatic N) is 3. The van der Waals surface area contributed by atoms with Gasteiger partial charge in [-0.1, -0.05) is 6.07 Å². The third-order valence-electron chi connectivity index (χ3n) is 3.88. The van der Waals surface area contributed by atoms with Crippen LogP contribution in [-0.4, -0.2) is 57.5 Å². The molecule has 2 saturated heterocycles. The van der Waals surface area contributed by atoms with Gasteiger partial charge in [0.15, 0.2) is 0 Å². The number of para-hydroxylation sites is 1. The minimum atomic E-state index is -0.268. The van der Waals surface area contributed by atoms with E-state index in [4.69, 9.17) is 9.47 Å². The first-order chi connectivity index (χ1) is 10.3. The number of hydrogen-bond donors (Lipinski definition) is 0. The van der Waals surface area contributed by atoms with E-state index >= 15 is 0 Å². The van der Waals surface area contributed by atoms with Crippen molar-refractivity contribution in [2.45, 2.75) is 0 Å². The first kappa shape index (κ1) is 14.1. The van der Waals surface area contributed by atoms with Crippen molar-refractivity contribution in [3.63, 3.8) is 0 Å². The second-order valence-electron chi connectivity index (χ2n) is 5.10. The smallest absolute Gasteiger partial charge is 0.315 e. The molecule has 21 heavy (non-hydrogen) atoms. The average Bonchev–Trinajstić information content (AvgIpc) is 2.55. The maximum Gasteiger partial charge on any atom is 0.315 e. The van der Waals surface area contributed by atoms with Crippen molar-refractivity contribution in [1.29, 1.82) is 0 Å². The number of nitro groups is 1. The molecule has 0 radical (unpaired) electrons. The van der Waals surface area contributed by atoms with Crippen LogP contribution in [0.4, 0.5) is 17.1 Å². The molecular weight excluding hydrogens is 274 g/mol. The normalized spacial score (nSPS) is 19.6. The summed E-state index contributed by atoms with van der Waals surface area (Å²) in [4.78, 5) is 15.4. The summed E-state index contributed by atoms with van der Waals surface area (Å²) in [5.74, 6) is 0. The highest BCUT2D eigenvalue weighted by Gasteiger charge is 2.28. The molecule has 1 aromatic carbocycles. The molecule has 2 aliphatic rings. The second kappa shape index (κ2) is 6.28. The van der Waals surface area contributed by atoms with E-state index in [0.717, 1.165) is 0 Å². The zero-order valence-corrected chi connectivity index (χ0v) is 11.9. The maximum atomic E-state index is 11.6. The summed E-state index contributed by atoms with van der Waals surface area (Å²) in [5, 5.41) is 11.6. The molecule has 2 aliphatic heterocycles. The van der Waals surface area contributed by atoms with Gasteiger partial charge >= 0.3 is 5.69 Å². The molecule has 1 aromatic rings. The molecule has 0 aromatic heterocycles. The molecule has 2 heterocycles. The Kier molecular flexibility index (Phi) is 4.21. The lowest BCUT2D eigenvalue weighted by atomic mass is 10.1. The van der Waals surface area contributed by atoms with E-state index in [0.29, 0.717) is 64.0 Å². The molecule has 0 atom stereocenters. The van der Waals surface area contributed by atoms with Gasteiger partial charge in [0.1, 0.15) is 11.4 Å². The molecular formula is C14H19N3O4. The summed E-state index contributed by atoms with van der Waals surface area (Å²) in [6.45, 7) is 5.19. The molecule has 0 spiro atoms. The number of nitro benzene ring substituents is 1. The van der Waals surface area contributed by atoms with Crippen LogP contribution in [0.3, 0.4) is 0 Å². The monoisotopic (exact) mass is 293 g/mol. The Hall–Kier alpha value is -1.86. The largest absolute Gasteiger partial charge is 0.378 e. The van der Waals surface area contributed by atoms with Crippen molar-refractivity contribution in [1.82, 2.24) is 0 Å². The molecule has 3 rings (SSSR count). The molecule has 0 bridgehead atoms. The predicted octanol–water partition coefficient (Wildman–Crippen LogP) is 1.27. The van der Waals surface area contributed by atoms with Crippen LogP contribution in [0.25, 0.3) is 0 Å². The zero-order chi connectivity index (χ0) is 14.7. The van der Waals surface area contributed by atoms with E-state index in [9.17, 15) is 10.1 Å². The number of benzene rings is 1. The van der Waals surface area contributed by atoms with Crippen molar-refractivity contribution in [2.24, 2.45) is 0 Å². The van der Waals surface area contributed by atoms with Crippen LogP contribution >= 0.6 is 0 Å². The lowest BCUT2D eigenvalue weighted by Crippen LogP contribution is -2.38. The van der Waals surface area contributed by atoms with Crippen LogP contribution in [0.2, 0.25) is 0 Å². The SMILES string of the molecule is O=[N+]([O-])c1c(N2CCOCC2)cccc1N1CCOCC1. The third kappa shape index (κ3) is 2.93. The summed E-state index contributed by atoms with van der Waals surface area (Å²) in [6, 6.07) is 5.55. The topological polar surface area (TPSA) is 68.1 Å². The standard InChI is InChI=1S/C14H19N3O4/c18-17(19)14-12(15-4-8-20-9-5-15)2-1-3-13(14)16-6-10-21-11-7-16/h1-3H,4-11H2. The van der Waals surface area contributed by atoms with Crippen LogP contribution < -0.4 is 9.80 Å². The predicted molar refractivity (Wildman–Crippen MR) is 79.2 cm³/mol. The van der Waals surface area contributed by atoms with E-state index < -0.39 is 0 Å². The van der Waals surface area contributed by atoms with Crippen molar-refractivity contribution in [3.05, 3.63) is 28.3 Å². The first-order valence-corrected chi connectivity index (χ1v) is 7.20. The highest BCUT2D eigenvalue weighted by Crippen LogP contribution is 2.38. The van der Waals surface area contributed by atoms with Gasteiger partial charge in [0.05, 0.1) is 31.4 Å². The van der Waals surface area contributed by atoms with Gasteiger partial charge in [0.2, 0.25) is 0 Å². The quantitative estimate of drug-likeness (QED) is 0.617. The van der Waals surface area contributed by atoms with Gasteiger partial charge in [-0.25, -0.2) is 0 Å². The molecule has 0 amide bonds. The lowest BCUT2D eigenvalue weighted by Gasteiger charge is -2.32. The Morgan fingerprint density at radius 1 is 0.905 bits per heavy atom. The van der Waals surface area contributed by atoms with Gasteiger partial charge in [0.25, 0.3) is 0 Å². The van der Waals surface area contributed by atoms with Crippen LogP contribution in [-0.2, 0) is 9.47 Å². The van der Waals surface area contributed by atoms with E-state index in [1.807, 2.05) is 28.0 Å². The van der Waals surface area contributed by atoms with E-state index in [1.54, 1.807) is 0 Å². The van der Waals surface area contributed by atoms with Crippen LogP contribution in [0.5, 0.6) is 0 Å². The second-order valence-corrected chi connectivity index (χ2v) is 5.10. The fraction of sp³-hybridized carbons (Fsp3) is 0.571. The van der Waals surface area contributed by atoms with Gasteiger partial charge in [-0.15, -0.1) is 0 Å². The Bertz CT molecular complexity index is 475. The summed E-state index contributed by atoms with van der Waals surface area (Å²) in [5.41, 5.74) is 1.57. The number of rotatable bonds is 3. The molecule has 114 valence electrons. The Morgan fingerprint density at radius 3 is 1.71 bits per heavy atom. The van der Waals surface area contributed by atoms with Gasteiger partial charge < -0.3 is 19.3 Å². The summed E-state index contributed by atoms with van der Waals surface area (Å²) in [7, 11) is 0. The van der Waals surface area contributed by atoms with Crippen LogP contribution in [0.15, 0.2) is 18.2 Å². The fourth-order valence-electron chi connectivity index (χ4n) is 2.83. The first-order valence-electron chi connectivity index (χ1n) is 7.20. The fourth-order valence-corrected chi connectivity index (χ4v) is 2.83. The minimum Gasteiger partial charge on any atom is -0.378 e. The maximum absolute atomic E-state index is 11.6. The third-order valence-corrected chi connectivity index (χ3v) is 3.88. The minimum absolute atomic E-state index is 0.196. The van der Waals surface area contributed by atoms with Gasteiger partial charge in [-0.05, 0) is 12.1 Å². The number of anilines is 2. The molecule has 0 saturated carbocycles. The van der Waals surface area contributed by atoms with Crippen LogP contribution in [0, 0.1) is 10.1 Å². The molecule has 0 aliphatic carbocycles. The molecule has 7 nitrogen and oxygen atoms in total. The van der Waals surface area contributed by atoms with Gasteiger partial charge in [-0.3, -0.25) is 10.1 Å². The molecule has 7 heteroatoms.